The molecule has 1 saturated carbocycles. The van der Waals surface area contributed by atoms with Gasteiger partial charge in [0.25, 0.3) is 0 Å². The van der Waals surface area contributed by atoms with E-state index in [4.69, 9.17) is 9.52 Å². The molecule has 1 atom stereocenters. The maximum atomic E-state index is 10.9. The van der Waals surface area contributed by atoms with Gasteiger partial charge >= 0.3 is 5.97 Å². The monoisotopic (exact) mass is 265 g/mol. The molecule has 1 fully saturated rings. The van der Waals surface area contributed by atoms with E-state index in [1.165, 1.54) is 5.56 Å². The largest absolute Gasteiger partial charge is 0.481 e. The van der Waals surface area contributed by atoms with Crippen molar-refractivity contribution in [1.29, 1.82) is 0 Å². The van der Waals surface area contributed by atoms with Crippen molar-refractivity contribution in [2.75, 3.05) is 0 Å². The Kier molecular flexibility index (Phi) is 4.30. The number of carboxylic acid groups (broad SMARTS) is 1. The first-order valence-corrected chi connectivity index (χ1v) is 7.03. The Balaban J connectivity index is 1.89. The first-order valence-electron chi connectivity index (χ1n) is 7.03. The van der Waals surface area contributed by atoms with Crippen LogP contribution in [0.1, 0.15) is 55.7 Å². The number of hydrogen-bond donors (Lipinski definition) is 2. The van der Waals surface area contributed by atoms with Crippen LogP contribution in [0, 0.1) is 19.8 Å². The standard InChI is InChI=1S/C15H23NO3/c1-9-8-14(11(3)19-9)10(2)16-13-6-4-12(5-7-13)15(17)18/h8,10,12-13,16H,4-7H2,1-3H3,(H,17,18). The van der Waals surface area contributed by atoms with Crippen molar-refractivity contribution in [3.8, 4) is 0 Å². The molecule has 0 spiro atoms. The molecular weight excluding hydrogens is 242 g/mol. The van der Waals surface area contributed by atoms with Crippen molar-refractivity contribution in [3.05, 3.63) is 23.2 Å². The Morgan fingerprint density at radius 2 is 2.00 bits per heavy atom. The predicted octanol–water partition coefficient (Wildman–Crippen LogP) is 3.19. The van der Waals surface area contributed by atoms with Crippen molar-refractivity contribution in [3.63, 3.8) is 0 Å². The molecule has 0 saturated heterocycles. The van der Waals surface area contributed by atoms with Crippen LogP contribution < -0.4 is 5.32 Å². The number of aliphatic carboxylic acids is 1. The Hall–Kier alpha value is -1.29. The second-order valence-electron chi connectivity index (χ2n) is 5.64. The normalized spacial score (nSPS) is 25.2. The highest BCUT2D eigenvalue weighted by atomic mass is 16.4. The van der Waals surface area contributed by atoms with Crippen LogP contribution >= 0.6 is 0 Å². The highest BCUT2D eigenvalue weighted by Crippen LogP contribution is 2.27. The van der Waals surface area contributed by atoms with E-state index < -0.39 is 5.97 Å². The number of carboxylic acids is 1. The minimum atomic E-state index is -0.646. The lowest BCUT2D eigenvalue weighted by Crippen LogP contribution is -2.36. The highest BCUT2D eigenvalue weighted by Gasteiger charge is 2.27. The van der Waals surface area contributed by atoms with Gasteiger partial charge in [-0.1, -0.05) is 0 Å². The van der Waals surface area contributed by atoms with Gasteiger partial charge in [-0.2, -0.15) is 0 Å². The lowest BCUT2D eigenvalue weighted by atomic mass is 9.85. The van der Waals surface area contributed by atoms with E-state index in [1.807, 2.05) is 13.8 Å². The molecule has 1 aromatic rings. The molecule has 1 heterocycles. The van der Waals surface area contributed by atoms with Gasteiger partial charge in [0.1, 0.15) is 11.5 Å². The molecule has 1 aliphatic carbocycles. The summed E-state index contributed by atoms with van der Waals surface area (Å²) >= 11 is 0. The number of furan rings is 1. The van der Waals surface area contributed by atoms with Gasteiger partial charge in [0.05, 0.1) is 5.92 Å². The second kappa shape index (κ2) is 5.78. The third-order valence-electron chi connectivity index (χ3n) is 4.11. The fraction of sp³-hybridized carbons (Fsp3) is 0.667. The van der Waals surface area contributed by atoms with E-state index in [9.17, 15) is 4.79 Å². The summed E-state index contributed by atoms with van der Waals surface area (Å²) in [4.78, 5) is 10.9. The smallest absolute Gasteiger partial charge is 0.306 e. The molecule has 0 amide bonds. The van der Waals surface area contributed by atoms with Gasteiger partial charge in [-0.25, -0.2) is 0 Å². The molecule has 2 rings (SSSR count). The van der Waals surface area contributed by atoms with Gasteiger partial charge in [-0.05, 0) is 52.5 Å². The average Bonchev–Trinajstić information content (AvgIpc) is 2.69. The summed E-state index contributed by atoms with van der Waals surface area (Å²) < 4.78 is 5.56. The van der Waals surface area contributed by atoms with E-state index in [1.54, 1.807) is 0 Å². The Morgan fingerprint density at radius 1 is 1.37 bits per heavy atom. The van der Waals surface area contributed by atoms with Crippen LogP contribution in [0.25, 0.3) is 0 Å². The van der Waals surface area contributed by atoms with Crippen LogP contribution in [0.15, 0.2) is 10.5 Å². The van der Waals surface area contributed by atoms with E-state index in [0.717, 1.165) is 37.2 Å². The van der Waals surface area contributed by atoms with Crippen LogP contribution in [-0.2, 0) is 4.79 Å². The van der Waals surface area contributed by atoms with Crippen LogP contribution in [0.5, 0.6) is 0 Å². The van der Waals surface area contributed by atoms with Gasteiger partial charge in [-0.15, -0.1) is 0 Å². The predicted molar refractivity (Wildman–Crippen MR) is 73.1 cm³/mol. The van der Waals surface area contributed by atoms with Crippen LogP contribution in [0.3, 0.4) is 0 Å². The Bertz CT molecular complexity index is 444. The lowest BCUT2D eigenvalue weighted by molar-refractivity contribution is -0.142. The molecule has 1 aromatic heterocycles. The van der Waals surface area contributed by atoms with Gasteiger partial charge in [-0.3, -0.25) is 4.79 Å². The van der Waals surface area contributed by atoms with Crippen LogP contribution in [0.2, 0.25) is 0 Å². The summed E-state index contributed by atoms with van der Waals surface area (Å²) in [6.45, 7) is 6.09. The van der Waals surface area contributed by atoms with Gasteiger partial charge in [0.2, 0.25) is 0 Å². The van der Waals surface area contributed by atoms with Crippen molar-refractivity contribution in [1.82, 2.24) is 5.32 Å². The van der Waals surface area contributed by atoms with Crippen LogP contribution in [0.4, 0.5) is 0 Å². The number of aryl methyl sites for hydroxylation is 2. The SMILES string of the molecule is Cc1cc(C(C)NC2CCC(C(=O)O)CC2)c(C)o1. The molecule has 4 nitrogen and oxygen atoms in total. The van der Waals surface area contributed by atoms with Crippen molar-refractivity contribution >= 4 is 5.97 Å². The number of hydrogen-bond acceptors (Lipinski definition) is 3. The fourth-order valence-electron chi connectivity index (χ4n) is 3.03. The van der Waals surface area contributed by atoms with Crippen molar-refractivity contribution in [2.45, 2.75) is 58.5 Å². The quantitative estimate of drug-likeness (QED) is 0.877. The maximum Gasteiger partial charge on any atom is 0.306 e. The molecule has 1 aliphatic rings. The van der Waals surface area contributed by atoms with Crippen molar-refractivity contribution < 1.29 is 14.3 Å². The molecule has 2 N–H and O–H groups in total. The minimum Gasteiger partial charge on any atom is -0.481 e. The number of carbonyl (C=O) groups is 1. The molecule has 0 radical (unpaired) electrons. The van der Waals surface area contributed by atoms with E-state index in [-0.39, 0.29) is 12.0 Å². The van der Waals surface area contributed by atoms with Gasteiger partial charge in [0, 0.05) is 17.6 Å². The lowest BCUT2D eigenvalue weighted by Gasteiger charge is -2.29. The zero-order valence-corrected chi connectivity index (χ0v) is 11.9. The summed E-state index contributed by atoms with van der Waals surface area (Å²) in [5.74, 6) is 1.12. The second-order valence-corrected chi connectivity index (χ2v) is 5.64. The molecule has 0 bridgehead atoms. The zero-order valence-electron chi connectivity index (χ0n) is 11.9. The van der Waals surface area contributed by atoms with E-state index >= 15 is 0 Å². The fourth-order valence-corrected chi connectivity index (χ4v) is 3.03. The number of nitrogens with one attached hydrogen (secondary N) is 1. The van der Waals surface area contributed by atoms with E-state index in [2.05, 4.69) is 18.3 Å². The van der Waals surface area contributed by atoms with Crippen molar-refractivity contribution in [2.24, 2.45) is 5.92 Å². The van der Waals surface area contributed by atoms with Gasteiger partial charge < -0.3 is 14.8 Å². The summed E-state index contributed by atoms with van der Waals surface area (Å²) in [6, 6.07) is 2.75. The molecular formula is C15H23NO3. The summed E-state index contributed by atoms with van der Waals surface area (Å²) in [7, 11) is 0. The first-order chi connectivity index (χ1) is 8.97. The van der Waals surface area contributed by atoms with Crippen LogP contribution in [-0.4, -0.2) is 17.1 Å². The average molecular weight is 265 g/mol. The maximum absolute atomic E-state index is 10.9. The molecule has 106 valence electrons. The van der Waals surface area contributed by atoms with E-state index in [0.29, 0.717) is 6.04 Å². The third-order valence-corrected chi connectivity index (χ3v) is 4.11. The Labute approximate surface area is 114 Å². The highest BCUT2D eigenvalue weighted by molar-refractivity contribution is 5.70. The van der Waals surface area contributed by atoms with Gasteiger partial charge in [0.15, 0.2) is 0 Å². The number of rotatable bonds is 4. The molecule has 19 heavy (non-hydrogen) atoms. The summed E-state index contributed by atoms with van der Waals surface area (Å²) in [6.07, 6.45) is 3.45. The molecule has 4 heteroatoms. The minimum absolute atomic E-state index is 0.147. The molecule has 0 aliphatic heterocycles. The summed E-state index contributed by atoms with van der Waals surface area (Å²) in [5, 5.41) is 12.6. The Morgan fingerprint density at radius 3 is 2.47 bits per heavy atom. The molecule has 0 aromatic carbocycles. The summed E-state index contributed by atoms with van der Waals surface area (Å²) in [5.41, 5.74) is 1.21. The zero-order chi connectivity index (χ0) is 14.0. The topological polar surface area (TPSA) is 62.5 Å². The molecule has 1 unspecified atom stereocenters. The first kappa shape index (κ1) is 14.1. The third kappa shape index (κ3) is 3.38.